The van der Waals surface area contributed by atoms with E-state index in [9.17, 15) is 9.59 Å². The van der Waals surface area contributed by atoms with Crippen LogP contribution in [0.2, 0.25) is 0 Å². The second kappa shape index (κ2) is 4.85. The van der Waals surface area contributed by atoms with Gasteiger partial charge in [0, 0.05) is 38.6 Å². The van der Waals surface area contributed by atoms with Crippen LogP contribution in [0.5, 0.6) is 0 Å². The van der Waals surface area contributed by atoms with E-state index in [1.165, 1.54) is 0 Å². The standard InChI is InChI=1S/C12H19N3O3/c16-11-2-1-9-7-14(4-5-15(9)11)12(17)10-8-18-6-3-13-10/h9-10,13H,1-8H2. The van der Waals surface area contributed by atoms with Gasteiger partial charge in [-0.15, -0.1) is 0 Å². The number of amides is 2. The molecule has 18 heavy (non-hydrogen) atoms. The summed E-state index contributed by atoms with van der Waals surface area (Å²) in [6, 6.07) is 0.0297. The normalized spacial score (nSPS) is 32.6. The van der Waals surface area contributed by atoms with Gasteiger partial charge in [0.2, 0.25) is 11.8 Å². The van der Waals surface area contributed by atoms with Crippen LogP contribution in [0.15, 0.2) is 0 Å². The van der Waals surface area contributed by atoms with Crippen molar-refractivity contribution in [3.05, 3.63) is 0 Å². The molecule has 100 valence electrons. The number of carbonyl (C=O) groups is 2. The molecule has 0 aromatic rings. The Balaban J connectivity index is 1.60. The van der Waals surface area contributed by atoms with Crippen molar-refractivity contribution in [1.82, 2.24) is 15.1 Å². The monoisotopic (exact) mass is 253 g/mol. The fourth-order valence-corrected chi connectivity index (χ4v) is 3.01. The second-order valence-electron chi connectivity index (χ2n) is 5.15. The third kappa shape index (κ3) is 2.10. The molecule has 6 heteroatoms. The van der Waals surface area contributed by atoms with Gasteiger partial charge in [0.05, 0.1) is 13.2 Å². The first-order chi connectivity index (χ1) is 8.75. The van der Waals surface area contributed by atoms with Crippen LogP contribution in [0.3, 0.4) is 0 Å². The lowest BCUT2D eigenvalue weighted by Gasteiger charge is -2.39. The molecule has 3 saturated heterocycles. The highest BCUT2D eigenvalue weighted by molar-refractivity contribution is 5.83. The summed E-state index contributed by atoms with van der Waals surface area (Å²) in [6.07, 6.45) is 1.52. The average molecular weight is 253 g/mol. The van der Waals surface area contributed by atoms with Gasteiger partial charge in [0.1, 0.15) is 6.04 Å². The van der Waals surface area contributed by atoms with Crippen LogP contribution in [-0.2, 0) is 14.3 Å². The van der Waals surface area contributed by atoms with E-state index in [2.05, 4.69) is 5.32 Å². The minimum absolute atomic E-state index is 0.119. The van der Waals surface area contributed by atoms with Crippen LogP contribution < -0.4 is 5.32 Å². The molecule has 1 N–H and O–H groups in total. The quantitative estimate of drug-likeness (QED) is 0.638. The zero-order valence-electron chi connectivity index (χ0n) is 10.4. The fraction of sp³-hybridized carbons (Fsp3) is 0.833. The number of hydrogen-bond acceptors (Lipinski definition) is 4. The molecule has 3 rings (SSSR count). The number of nitrogens with zero attached hydrogens (tertiary/aromatic N) is 2. The molecule has 0 radical (unpaired) electrons. The van der Waals surface area contributed by atoms with E-state index in [0.717, 1.165) is 13.0 Å². The molecule has 0 bridgehead atoms. The van der Waals surface area contributed by atoms with Crippen molar-refractivity contribution in [3.63, 3.8) is 0 Å². The molecule has 3 heterocycles. The lowest BCUT2D eigenvalue weighted by molar-refractivity contribution is -0.142. The largest absolute Gasteiger partial charge is 0.378 e. The Morgan fingerprint density at radius 1 is 1.39 bits per heavy atom. The molecule has 3 aliphatic rings. The molecule has 2 amide bonds. The Morgan fingerprint density at radius 2 is 2.28 bits per heavy atom. The number of carbonyl (C=O) groups excluding carboxylic acids is 2. The molecular weight excluding hydrogens is 234 g/mol. The Hall–Kier alpha value is -1.14. The number of hydrogen-bond donors (Lipinski definition) is 1. The molecule has 3 aliphatic heterocycles. The number of piperazine rings is 1. The minimum Gasteiger partial charge on any atom is -0.378 e. The maximum absolute atomic E-state index is 12.3. The number of nitrogens with one attached hydrogen (secondary N) is 1. The maximum Gasteiger partial charge on any atom is 0.242 e. The molecular formula is C12H19N3O3. The van der Waals surface area contributed by atoms with E-state index in [4.69, 9.17) is 4.74 Å². The first-order valence-electron chi connectivity index (χ1n) is 6.65. The Bertz CT molecular complexity index is 354. The fourth-order valence-electron chi connectivity index (χ4n) is 3.01. The molecule has 0 aromatic carbocycles. The topological polar surface area (TPSA) is 61.9 Å². The third-order valence-corrected chi connectivity index (χ3v) is 4.03. The SMILES string of the molecule is O=C(C1COCCN1)N1CCN2C(=O)CCC2C1. The van der Waals surface area contributed by atoms with Crippen molar-refractivity contribution in [2.45, 2.75) is 24.9 Å². The summed E-state index contributed by atoms with van der Waals surface area (Å²) in [5, 5.41) is 3.19. The number of fused-ring (bicyclic) bond motifs is 1. The van der Waals surface area contributed by atoms with E-state index in [1.54, 1.807) is 0 Å². The summed E-state index contributed by atoms with van der Waals surface area (Å²) >= 11 is 0. The zero-order chi connectivity index (χ0) is 12.5. The van der Waals surface area contributed by atoms with E-state index in [1.807, 2.05) is 9.80 Å². The highest BCUT2D eigenvalue weighted by Crippen LogP contribution is 2.23. The van der Waals surface area contributed by atoms with Gasteiger partial charge in [0.15, 0.2) is 0 Å². The van der Waals surface area contributed by atoms with Gasteiger partial charge < -0.3 is 19.9 Å². The van der Waals surface area contributed by atoms with Crippen molar-refractivity contribution >= 4 is 11.8 Å². The van der Waals surface area contributed by atoms with Crippen molar-refractivity contribution in [3.8, 4) is 0 Å². The van der Waals surface area contributed by atoms with Crippen LogP contribution in [0, 0.1) is 0 Å². The van der Waals surface area contributed by atoms with Crippen LogP contribution >= 0.6 is 0 Å². The van der Waals surface area contributed by atoms with E-state index >= 15 is 0 Å². The summed E-state index contributed by atoms with van der Waals surface area (Å²) in [6.45, 7) is 3.89. The lowest BCUT2D eigenvalue weighted by Crippen LogP contribution is -2.59. The summed E-state index contributed by atoms with van der Waals surface area (Å²) < 4.78 is 5.32. The first-order valence-corrected chi connectivity index (χ1v) is 6.65. The highest BCUT2D eigenvalue weighted by atomic mass is 16.5. The Kier molecular flexibility index (Phi) is 3.22. The molecule has 6 nitrogen and oxygen atoms in total. The van der Waals surface area contributed by atoms with E-state index in [-0.39, 0.29) is 23.9 Å². The Morgan fingerprint density at radius 3 is 3.06 bits per heavy atom. The van der Waals surface area contributed by atoms with Crippen molar-refractivity contribution in [2.75, 3.05) is 39.4 Å². The number of ether oxygens (including phenoxy) is 1. The maximum atomic E-state index is 12.3. The van der Waals surface area contributed by atoms with Gasteiger partial charge >= 0.3 is 0 Å². The summed E-state index contributed by atoms with van der Waals surface area (Å²) in [7, 11) is 0. The van der Waals surface area contributed by atoms with E-state index < -0.39 is 0 Å². The van der Waals surface area contributed by atoms with Gasteiger partial charge in [-0.3, -0.25) is 9.59 Å². The molecule has 0 saturated carbocycles. The minimum atomic E-state index is -0.206. The lowest BCUT2D eigenvalue weighted by atomic mass is 10.1. The smallest absolute Gasteiger partial charge is 0.242 e. The van der Waals surface area contributed by atoms with Crippen LogP contribution in [0.25, 0.3) is 0 Å². The van der Waals surface area contributed by atoms with Gasteiger partial charge in [-0.05, 0) is 6.42 Å². The molecule has 0 aliphatic carbocycles. The van der Waals surface area contributed by atoms with Gasteiger partial charge in [-0.1, -0.05) is 0 Å². The first kappa shape index (κ1) is 11.9. The summed E-state index contributed by atoms with van der Waals surface area (Å²) in [5.41, 5.74) is 0. The Labute approximate surface area is 106 Å². The van der Waals surface area contributed by atoms with Crippen LogP contribution in [-0.4, -0.2) is 73.1 Å². The highest BCUT2D eigenvalue weighted by Gasteiger charge is 2.38. The van der Waals surface area contributed by atoms with E-state index in [0.29, 0.717) is 39.3 Å². The third-order valence-electron chi connectivity index (χ3n) is 4.03. The zero-order valence-corrected chi connectivity index (χ0v) is 10.4. The summed E-state index contributed by atoms with van der Waals surface area (Å²) in [5.74, 6) is 0.361. The second-order valence-corrected chi connectivity index (χ2v) is 5.15. The molecule has 3 fully saturated rings. The van der Waals surface area contributed by atoms with Gasteiger partial charge in [-0.25, -0.2) is 0 Å². The number of rotatable bonds is 1. The molecule has 0 spiro atoms. The van der Waals surface area contributed by atoms with Crippen LogP contribution in [0.1, 0.15) is 12.8 Å². The van der Waals surface area contributed by atoms with Crippen molar-refractivity contribution in [2.24, 2.45) is 0 Å². The van der Waals surface area contributed by atoms with Gasteiger partial charge in [0.25, 0.3) is 0 Å². The molecule has 2 unspecified atom stereocenters. The van der Waals surface area contributed by atoms with Gasteiger partial charge in [-0.2, -0.15) is 0 Å². The predicted molar refractivity (Wildman–Crippen MR) is 63.9 cm³/mol. The molecule has 0 aromatic heterocycles. The molecule has 2 atom stereocenters. The number of morpholine rings is 1. The van der Waals surface area contributed by atoms with Crippen molar-refractivity contribution in [1.29, 1.82) is 0 Å². The van der Waals surface area contributed by atoms with Crippen molar-refractivity contribution < 1.29 is 14.3 Å². The predicted octanol–water partition coefficient (Wildman–Crippen LogP) is -1.19. The average Bonchev–Trinajstić information content (AvgIpc) is 2.80. The van der Waals surface area contributed by atoms with Crippen LogP contribution in [0.4, 0.5) is 0 Å². The summed E-state index contributed by atoms with van der Waals surface area (Å²) in [4.78, 5) is 27.7.